The van der Waals surface area contributed by atoms with Crippen molar-refractivity contribution in [2.24, 2.45) is 5.92 Å². The molecule has 1 unspecified atom stereocenters. The van der Waals surface area contributed by atoms with Crippen LogP contribution in [0.3, 0.4) is 0 Å². The van der Waals surface area contributed by atoms with Gasteiger partial charge in [0.25, 0.3) is 0 Å². The van der Waals surface area contributed by atoms with E-state index in [-0.39, 0.29) is 5.69 Å². The monoisotopic (exact) mass is 264 g/mol. The van der Waals surface area contributed by atoms with Crippen molar-refractivity contribution >= 4 is 11.8 Å². The van der Waals surface area contributed by atoms with Gasteiger partial charge >= 0.3 is 5.97 Å². The molecule has 2 N–H and O–H groups in total. The molecule has 1 aromatic heterocycles. The van der Waals surface area contributed by atoms with E-state index in [2.05, 4.69) is 34.0 Å². The Morgan fingerprint density at radius 1 is 1.58 bits per heavy atom. The number of carboxylic acid groups (broad SMARTS) is 1. The fourth-order valence-electron chi connectivity index (χ4n) is 2.30. The first-order valence-corrected chi connectivity index (χ1v) is 6.59. The summed E-state index contributed by atoms with van der Waals surface area (Å²) in [6, 6.07) is 0.583. The molecule has 6 nitrogen and oxygen atoms in total. The highest BCUT2D eigenvalue weighted by atomic mass is 16.4. The lowest BCUT2D eigenvalue weighted by Crippen LogP contribution is -2.29. The van der Waals surface area contributed by atoms with Crippen LogP contribution in [0.25, 0.3) is 0 Å². The normalized spacial score (nSPS) is 19.8. The lowest BCUT2D eigenvalue weighted by Gasteiger charge is -2.20. The van der Waals surface area contributed by atoms with Gasteiger partial charge < -0.3 is 15.3 Å². The summed E-state index contributed by atoms with van der Waals surface area (Å²) in [6.45, 7) is 7.43. The molecular formula is C13H20N4O2. The molecule has 1 atom stereocenters. The van der Waals surface area contributed by atoms with Crippen LogP contribution in [0.1, 0.15) is 30.8 Å². The van der Waals surface area contributed by atoms with E-state index in [1.54, 1.807) is 6.20 Å². The Kier molecular flexibility index (Phi) is 4.31. The van der Waals surface area contributed by atoms with Gasteiger partial charge in [-0.15, -0.1) is 0 Å². The van der Waals surface area contributed by atoms with E-state index in [4.69, 9.17) is 5.11 Å². The van der Waals surface area contributed by atoms with E-state index in [1.165, 1.54) is 6.20 Å². The van der Waals surface area contributed by atoms with Crippen molar-refractivity contribution in [3.63, 3.8) is 0 Å². The van der Waals surface area contributed by atoms with Gasteiger partial charge in [-0.25, -0.2) is 9.78 Å². The SMILES string of the molecule is CC(C)N1CCC(CNc2cncc(C(=O)O)n2)C1. The molecule has 0 aromatic carbocycles. The van der Waals surface area contributed by atoms with E-state index in [1.807, 2.05) is 0 Å². The maximum Gasteiger partial charge on any atom is 0.356 e. The highest BCUT2D eigenvalue weighted by molar-refractivity contribution is 5.85. The van der Waals surface area contributed by atoms with Gasteiger partial charge in [0.15, 0.2) is 5.69 Å². The van der Waals surface area contributed by atoms with Gasteiger partial charge in [0.2, 0.25) is 0 Å². The quantitative estimate of drug-likeness (QED) is 0.835. The van der Waals surface area contributed by atoms with Crippen LogP contribution in [0, 0.1) is 5.92 Å². The second kappa shape index (κ2) is 5.97. The smallest absolute Gasteiger partial charge is 0.356 e. The topological polar surface area (TPSA) is 78.4 Å². The Morgan fingerprint density at radius 3 is 3.00 bits per heavy atom. The number of hydrogen-bond acceptors (Lipinski definition) is 5. The van der Waals surface area contributed by atoms with Crippen molar-refractivity contribution in [1.82, 2.24) is 14.9 Å². The zero-order valence-electron chi connectivity index (χ0n) is 11.3. The van der Waals surface area contributed by atoms with Gasteiger partial charge in [0.05, 0.1) is 12.4 Å². The minimum absolute atomic E-state index is 0.0276. The van der Waals surface area contributed by atoms with Crippen LogP contribution in [0.5, 0.6) is 0 Å². The van der Waals surface area contributed by atoms with Gasteiger partial charge in [-0.3, -0.25) is 4.98 Å². The molecule has 1 aliphatic heterocycles. The molecule has 104 valence electrons. The maximum absolute atomic E-state index is 10.8. The maximum atomic E-state index is 10.8. The number of aromatic carboxylic acids is 1. The third-order valence-corrected chi connectivity index (χ3v) is 3.47. The molecule has 0 spiro atoms. The molecule has 6 heteroatoms. The minimum Gasteiger partial charge on any atom is -0.476 e. The fraction of sp³-hybridized carbons (Fsp3) is 0.615. The molecule has 1 aliphatic rings. The summed E-state index contributed by atoms with van der Waals surface area (Å²) < 4.78 is 0. The summed E-state index contributed by atoms with van der Waals surface area (Å²) in [4.78, 5) is 21.1. The van der Waals surface area contributed by atoms with Crippen LogP contribution in [0.15, 0.2) is 12.4 Å². The van der Waals surface area contributed by atoms with Crippen molar-refractivity contribution in [1.29, 1.82) is 0 Å². The molecule has 0 aliphatic carbocycles. The number of likely N-dealkylation sites (tertiary alicyclic amines) is 1. The molecule has 1 aromatic rings. The summed E-state index contributed by atoms with van der Waals surface area (Å²) in [5.41, 5.74) is -0.0276. The highest BCUT2D eigenvalue weighted by Gasteiger charge is 2.23. The summed E-state index contributed by atoms with van der Waals surface area (Å²) in [7, 11) is 0. The average Bonchev–Trinajstić information content (AvgIpc) is 2.85. The molecule has 0 bridgehead atoms. The molecule has 19 heavy (non-hydrogen) atoms. The van der Waals surface area contributed by atoms with Crippen molar-refractivity contribution in [3.8, 4) is 0 Å². The summed E-state index contributed by atoms with van der Waals surface area (Å²) in [6.07, 6.45) is 3.97. The molecule has 0 saturated carbocycles. The number of nitrogens with one attached hydrogen (secondary N) is 1. The Balaban J connectivity index is 1.86. The molecule has 0 radical (unpaired) electrons. The number of anilines is 1. The molecule has 2 rings (SSSR count). The van der Waals surface area contributed by atoms with Crippen LogP contribution < -0.4 is 5.32 Å². The summed E-state index contributed by atoms with van der Waals surface area (Å²) in [5, 5.41) is 12.0. The lowest BCUT2D eigenvalue weighted by atomic mass is 10.1. The molecular weight excluding hydrogens is 244 g/mol. The molecule has 0 amide bonds. The van der Waals surface area contributed by atoms with Crippen LogP contribution in [0.2, 0.25) is 0 Å². The number of rotatable bonds is 5. The molecule has 1 saturated heterocycles. The Bertz CT molecular complexity index is 450. The van der Waals surface area contributed by atoms with E-state index in [0.717, 1.165) is 26.1 Å². The molecule has 1 fully saturated rings. The van der Waals surface area contributed by atoms with Crippen LogP contribution >= 0.6 is 0 Å². The zero-order chi connectivity index (χ0) is 13.8. The Labute approximate surface area is 112 Å². The number of nitrogens with zero attached hydrogens (tertiary/aromatic N) is 3. The number of carboxylic acids is 1. The van der Waals surface area contributed by atoms with Crippen molar-refractivity contribution in [2.45, 2.75) is 26.3 Å². The fourth-order valence-corrected chi connectivity index (χ4v) is 2.30. The van der Waals surface area contributed by atoms with Crippen molar-refractivity contribution in [2.75, 3.05) is 25.0 Å². The van der Waals surface area contributed by atoms with Gasteiger partial charge in [0, 0.05) is 19.1 Å². The van der Waals surface area contributed by atoms with E-state index in [9.17, 15) is 4.79 Å². The van der Waals surface area contributed by atoms with E-state index >= 15 is 0 Å². The standard InChI is InChI=1S/C13H20N4O2/c1-9(2)17-4-3-10(8-17)5-15-12-7-14-6-11(16-12)13(18)19/h6-7,9-10H,3-5,8H2,1-2H3,(H,15,16)(H,18,19). The Hall–Kier alpha value is -1.69. The largest absolute Gasteiger partial charge is 0.476 e. The van der Waals surface area contributed by atoms with Gasteiger partial charge in [-0.05, 0) is 32.7 Å². The first kappa shape index (κ1) is 13.7. The van der Waals surface area contributed by atoms with Gasteiger partial charge in [-0.2, -0.15) is 0 Å². The lowest BCUT2D eigenvalue weighted by molar-refractivity contribution is 0.0690. The van der Waals surface area contributed by atoms with Crippen LogP contribution in [0.4, 0.5) is 5.82 Å². The Morgan fingerprint density at radius 2 is 2.37 bits per heavy atom. The second-order valence-corrected chi connectivity index (χ2v) is 5.22. The van der Waals surface area contributed by atoms with Crippen molar-refractivity contribution in [3.05, 3.63) is 18.1 Å². The number of hydrogen-bond donors (Lipinski definition) is 2. The summed E-state index contributed by atoms with van der Waals surface area (Å²) >= 11 is 0. The first-order valence-electron chi connectivity index (χ1n) is 6.59. The van der Waals surface area contributed by atoms with Crippen LogP contribution in [-0.4, -0.2) is 51.6 Å². The second-order valence-electron chi connectivity index (χ2n) is 5.22. The van der Waals surface area contributed by atoms with Gasteiger partial charge in [-0.1, -0.05) is 0 Å². The minimum atomic E-state index is -1.05. The average molecular weight is 264 g/mol. The van der Waals surface area contributed by atoms with Crippen LogP contribution in [-0.2, 0) is 0 Å². The molecule has 2 heterocycles. The van der Waals surface area contributed by atoms with Crippen molar-refractivity contribution < 1.29 is 9.90 Å². The van der Waals surface area contributed by atoms with Gasteiger partial charge in [0.1, 0.15) is 5.82 Å². The zero-order valence-corrected chi connectivity index (χ0v) is 11.3. The van der Waals surface area contributed by atoms with E-state index < -0.39 is 5.97 Å². The third kappa shape index (κ3) is 3.64. The summed E-state index contributed by atoms with van der Waals surface area (Å²) in [5.74, 6) is 0.0589. The highest BCUT2D eigenvalue weighted by Crippen LogP contribution is 2.18. The first-order chi connectivity index (χ1) is 9.06. The predicted molar refractivity (Wildman–Crippen MR) is 72.3 cm³/mol. The third-order valence-electron chi connectivity index (χ3n) is 3.47. The number of aromatic nitrogens is 2. The van der Waals surface area contributed by atoms with E-state index in [0.29, 0.717) is 17.8 Å². The number of carbonyl (C=O) groups is 1. The predicted octanol–water partition coefficient (Wildman–Crippen LogP) is 1.32.